The van der Waals surface area contributed by atoms with Crippen molar-refractivity contribution in [2.24, 2.45) is 0 Å². The number of hydrogen-bond donors (Lipinski definition) is 1. The molecule has 20 heavy (non-hydrogen) atoms. The molecule has 0 atom stereocenters. The number of anilines is 1. The van der Waals surface area contributed by atoms with E-state index in [9.17, 15) is 0 Å². The van der Waals surface area contributed by atoms with Crippen LogP contribution >= 0.6 is 15.9 Å². The number of rotatable bonds is 3. The van der Waals surface area contributed by atoms with E-state index < -0.39 is 0 Å². The van der Waals surface area contributed by atoms with Crippen molar-refractivity contribution in [3.05, 3.63) is 40.8 Å². The monoisotopic (exact) mass is 333 g/mol. The Bertz CT molecular complexity index is 753. The minimum absolute atomic E-state index is 0.360. The van der Waals surface area contributed by atoms with Gasteiger partial charge in [0.1, 0.15) is 12.1 Å². The summed E-state index contributed by atoms with van der Waals surface area (Å²) >= 11 is 3.42. The Hall–Kier alpha value is -1.99. The van der Waals surface area contributed by atoms with Gasteiger partial charge in [0.25, 0.3) is 5.78 Å². The standard InChI is InChI=1S/C13H12BrN5O/c1-20-6-10-11(8-2-4-9(14)5-3-8)12(15)19-13(18-10)16-7-17-19/h2-5,7H,6,15H2,1H3. The van der Waals surface area contributed by atoms with Crippen LogP contribution in [0, 0.1) is 0 Å². The summed E-state index contributed by atoms with van der Waals surface area (Å²) in [6, 6.07) is 7.85. The van der Waals surface area contributed by atoms with Crippen LogP contribution in [0.3, 0.4) is 0 Å². The summed E-state index contributed by atoms with van der Waals surface area (Å²) in [6.45, 7) is 0.360. The van der Waals surface area contributed by atoms with Gasteiger partial charge >= 0.3 is 0 Å². The van der Waals surface area contributed by atoms with E-state index in [1.807, 2.05) is 24.3 Å². The fraction of sp³-hybridized carbons (Fsp3) is 0.154. The zero-order chi connectivity index (χ0) is 14.1. The first-order valence-corrected chi connectivity index (χ1v) is 6.73. The Morgan fingerprint density at radius 2 is 2.05 bits per heavy atom. The van der Waals surface area contributed by atoms with Crippen LogP contribution in [-0.2, 0) is 11.3 Å². The van der Waals surface area contributed by atoms with Crippen molar-refractivity contribution >= 4 is 27.5 Å². The van der Waals surface area contributed by atoms with Crippen LogP contribution in [0.25, 0.3) is 16.9 Å². The second kappa shape index (κ2) is 5.18. The van der Waals surface area contributed by atoms with Crippen LogP contribution in [0.4, 0.5) is 5.82 Å². The largest absolute Gasteiger partial charge is 0.383 e. The second-order valence-electron chi connectivity index (χ2n) is 4.23. The molecule has 0 aliphatic heterocycles. The molecule has 0 spiro atoms. The van der Waals surface area contributed by atoms with E-state index in [1.54, 1.807) is 7.11 Å². The summed E-state index contributed by atoms with van der Waals surface area (Å²) in [5.74, 6) is 0.970. The Kier molecular flexibility index (Phi) is 3.37. The van der Waals surface area contributed by atoms with E-state index in [2.05, 4.69) is 31.0 Å². The predicted molar refractivity (Wildman–Crippen MR) is 79.0 cm³/mol. The third kappa shape index (κ3) is 2.14. The fourth-order valence-corrected chi connectivity index (χ4v) is 2.35. The van der Waals surface area contributed by atoms with Crippen LogP contribution in [0.2, 0.25) is 0 Å². The highest BCUT2D eigenvalue weighted by atomic mass is 79.9. The molecule has 0 aliphatic rings. The van der Waals surface area contributed by atoms with Crippen LogP contribution in [0.1, 0.15) is 5.69 Å². The van der Waals surface area contributed by atoms with Gasteiger partial charge in [-0.05, 0) is 17.7 Å². The number of halogens is 1. The molecule has 3 rings (SSSR count). The summed E-state index contributed by atoms with van der Waals surface area (Å²) in [6.07, 6.45) is 1.43. The van der Waals surface area contributed by atoms with Crippen molar-refractivity contribution in [1.82, 2.24) is 19.6 Å². The van der Waals surface area contributed by atoms with Gasteiger partial charge in [-0.15, -0.1) is 0 Å². The highest BCUT2D eigenvalue weighted by molar-refractivity contribution is 9.10. The maximum Gasteiger partial charge on any atom is 0.254 e. The fourth-order valence-electron chi connectivity index (χ4n) is 2.08. The summed E-state index contributed by atoms with van der Waals surface area (Å²) in [4.78, 5) is 8.53. The molecule has 0 saturated heterocycles. The number of nitrogens with two attached hydrogens (primary N) is 1. The van der Waals surface area contributed by atoms with Gasteiger partial charge in [0.05, 0.1) is 12.3 Å². The average Bonchev–Trinajstić information content (AvgIpc) is 2.90. The lowest BCUT2D eigenvalue weighted by atomic mass is 10.0. The van der Waals surface area contributed by atoms with Crippen molar-refractivity contribution in [3.63, 3.8) is 0 Å². The molecule has 0 unspecified atom stereocenters. The van der Waals surface area contributed by atoms with E-state index >= 15 is 0 Å². The van der Waals surface area contributed by atoms with Gasteiger partial charge in [-0.25, -0.2) is 4.98 Å². The minimum Gasteiger partial charge on any atom is -0.383 e. The van der Waals surface area contributed by atoms with Gasteiger partial charge in [0.2, 0.25) is 0 Å². The molecule has 0 aliphatic carbocycles. The number of ether oxygens (including phenoxy) is 1. The molecule has 0 amide bonds. The Morgan fingerprint density at radius 1 is 1.30 bits per heavy atom. The topological polar surface area (TPSA) is 78.3 Å². The summed E-state index contributed by atoms with van der Waals surface area (Å²) < 4.78 is 7.74. The number of aromatic nitrogens is 4. The second-order valence-corrected chi connectivity index (χ2v) is 5.15. The molecule has 0 saturated carbocycles. The molecule has 3 aromatic rings. The zero-order valence-corrected chi connectivity index (χ0v) is 12.3. The first kappa shape index (κ1) is 13.0. The molecule has 6 nitrogen and oxygen atoms in total. The SMILES string of the molecule is COCc1nc2ncnn2c(N)c1-c1ccc(Br)cc1. The van der Waals surface area contributed by atoms with Crippen LogP contribution < -0.4 is 5.73 Å². The minimum atomic E-state index is 0.360. The van der Waals surface area contributed by atoms with E-state index in [0.29, 0.717) is 18.2 Å². The highest BCUT2D eigenvalue weighted by Gasteiger charge is 2.16. The smallest absolute Gasteiger partial charge is 0.254 e. The van der Waals surface area contributed by atoms with Crippen molar-refractivity contribution < 1.29 is 4.74 Å². The van der Waals surface area contributed by atoms with Crippen LogP contribution in [0.5, 0.6) is 0 Å². The van der Waals surface area contributed by atoms with Crippen molar-refractivity contribution in [2.45, 2.75) is 6.61 Å². The van der Waals surface area contributed by atoms with Gasteiger partial charge in [0, 0.05) is 17.1 Å². The van der Waals surface area contributed by atoms with Crippen LogP contribution in [-0.4, -0.2) is 26.7 Å². The van der Waals surface area contributed by atoms with E-state index in [0.717, 1.165) is 21.3 Å². The predicted octanol–water partition coefficient (Wildman–Crippen LogP) is 2.28. The van der Waals surface area contributed by atoms with Crippen molar-refractivity contribution in [3.8, 4) is 11.1 Å². The Morgan fingerprint density at radius 3 is 2.75 bits per heavy atom. The maximum atomic E-state index is 6.22. The molecule has 0 bridgehead atoms. The lowest BCUT2D eigenvalue weighted by Crippen LogP contribution is -2.08. The quantitative estimate of drug-likeness (QED) is 0.795. The molecule has 2 heterocycles. The van der Waals surface area contributed by atoms with E-state index in [1.165, 1.54) is 10.8 Å². The molecule has 102 valence electrons. The number of hydrogen-bond acceptors (Lipinski definition) is 5. The first-order chi connectivity index (χ1) is 9.70. The average molecular weight is 334 g/mol. The number of nitrogens with zero attached hydrogens (tertiary/aromatic N) is 4. The molecular formula is C13H12BrN5O. The Balaban J connectivity index is 2.28. The molecule has 2 N–H and O–H groups in total. The summed E-state index contributed by atoms with van der Waals surface area (Å²) in [5, 5.41) is 4.09. The Labute approximate surface area is 123 Å². The molecule has 1 aromatic carbocycles. The van der Waals surface area contributed by atoms with Gasteiger partial charge in [-0.1, -0.05) is 28.1 Å². The molecule has 0 radical (unpaired) electrons. The maximum absolute atomic E-state index is 6.22. The lowest BCUT2D eigenvalue weighted by molar-refractivity contribution is 0.182. The molecule has 2 aromatic heterocycles. The summed E-state index contributed by atoms with van der Waals surface area (Å²) in [7, 11) is 1.62. The number of benzene rings is 1. The van der Waals surface area contributed by atoms with Gasteiger partial charge < -0.3 is 10.5 Å². The van der Waals surface area contributed by atoms with Crippen molar-refractivity contribution in [1.29, 1.82) is 0 Å². The molecule has 0 fully saturated rings. The highest BCUT2D eigenvalue weighted by Crippen LogP contribution is 2.30. The molecular weight excluding hydrogens is 322 g/mol. The normalized spacial score (nSPS) is 11.1. The lowest BCUT2D eigenvalue weighted by Gasteiger charge is -2.12. The van der Waals surface area contributed by atoms with Crippen LogP contribution in [0.15, 0.2) is 35.1 Å². The summed E-state index contributed by atoms with van der Waals surface area (Å²) in [5.41, 5.74) is 8.74. The number of methoxy groups -OCH3 is 1. The number of nitrogen functional groups attached to an aromatic ring is 1. The third-order valence-electron chi connectivity index (χ3n) is 2.95. The van der Waals surface area contributed by atoms with E-state index in [4.69, 9.17) is 10.5 Å². The number of fused-ring (bicyclic) bond motifs is 1. The van der Waals surface area contributed by atoms with Gasteiger partial charge in [-0.2, -0.15) is 14.6 Å². The van der Waals surface area contributed by atoms with Crippen molar-refractivity contribution in [2.75, 3.05) is 12.8 Å². The van der Waals surface area contributed by atoms with Gasteiger partial charge in [-0.3, -0.25) is 0 Å². The van der Waals surface area contributed by atoms with E-state index in [-0.39, 0.29) is 0 Å². The van der Waals surface area contributed by atoms with Gasteiger partial charge in [0.15, 0.2) is 0 Å². The zero-order valence-electron chi connectivity index (χ0n) is 10.7. The first-order valence-electron chi connectivity index (χ1n) is 5.93. The molecule has 7 heteroatoms. The third-order valence-corrected chi connectivity index (χ3v) is 3.48.